The van der Waals surface area contributed by atoms with E-state index in [-0.39, 0.29) is 0 Å². The molecule has 0 spiro atoms. The molecule has 2 aromatic rings. The van der Waals surface area contributed by atoms with Gasteiger partial charge >= 0.3 is 0 Å². The van der Waals surface area contributed by atoms with E-state index in [0.717, 1.165) is 17.9 Å². The molecule has 0 aliphatic carbocycles. The van der Waals surface area contributed by atoms with Gasteiger partial charge in [0.15, 0.2) is 0 Å². The first-order chi connectivity index (χ1) is 11.3. The van der Waals surface area contributed by atoms with Gasteiger partial charge in [0, 0.05) is 14.2 Å². The Bertz CT molecular complexity index is 532. The Hall–Kier alpha value is -2.04. The minimum absolute atomic E-state index is 0.558. The third-order valence-corrected chi connectivity index (χ3v) is 3.32. The van der Waals surface area contributed by atoms with Crippen molar-refractivity contribution in [3.63, 3.8) is 0 Å². The quantitative estimate of drug-likeness (QED) is 0.630. The lowest BCUT2D eigenvalue weighted by Gasteiger charge is -2.09. The van der Waals surface area contributed by atoms with Gasteiger partial charge in [-0.2, -0.15) is 0 Å². The summed E-state index contributed by atoms with van der Waals surface area (Å²) in [6, 6.07) is 16.3. The van der Waals surface area contributed by atoms with Crippen LogP contribution < -0.4 is 9.47 Å². The van der Waals surface area contributed by atoms with E-state index in [1.807, 2.05) is 24.3 Å². The Labute approximate surface area is 137 Å². The highest BCUT2D eigenvalue weighted by atomic mass is 16.5. The number of hydrogen-bond donors (Lipinski definition) is 0. The average molecular weight is 316 g/mol. The van der Waals surface area contributed by atoms with Gasteiger partial charge in [0.1, 0.15) is 24.7 Å². The SMILES string of the molecule is COCCOc1cccc(Cc2cccc(OCCOC)c2)c1. The van der Waals surface area contributed by atoms with Gasteiger partial charge in [0.05, 0.1) is 13.2 Å². The summed E-state index contributed by atoms with van der Waals surface area (Å²) in [4.78, 5) is 0. The maximum absolute atomic E-state index is 5.65. The number of hydrogen-bond acceptors (Lipinski definition) is 4. The zero-order chi connectivity index (χ0) is 16.3. The molecule has 0 bridgehead atoms. The molecule has 23 heavy (non-hydrogen) atoms. The van der Waals surface area contributed by atoms with E-state index < -0.39 is 0 Å². The van der Waals surface area contributed by atoms with Crippen molar-refractivity contribution >= 4 is 0 Å². The van der Waals surface area contributed by atoms with Gasteiger partial charge in [-0.25, -0.2) is 0 Å². The van der Waals surface area contributed by atoms with Crippen LogP contribution in [0.25, 0.3) is 0 Å². The summed E-state index contributed by atoms with van der Waals surface area (Å²) in [6.45, 7) is 2.29. The molecule has 0 radical (unpaired) electrons. The fraction of sp³-hybridized carbons (Fsp3) is 0.368. The highest BCUT2D eigenvalue weighted by Crippen LogP contribution is 2.19. The summed E-state index contributed by atoms with van der Waals surface area (Å²) in [5, 5.41) is 0. The van der Waals surface area contributed by atoms with E-state index in [4.69, 9.17) is 18.9 Å². The minimum atomic E-state index is 0.558. The van der Waals surface area contributed by atoms with Crippen LogP contribution in [-0.4, -0.2) is 40.6 Å². The minimum Gasteiger partial charge on any atom is -0.491 e. The predicted octanol–water partition coefficient (Wildman–Crippen LogP) is 3.33. The summed E-state index contributed by atoms with van der Waals surface area (Å²) in [5.74, 6) is 1.74. The Morgan fingerprint density at radius 2 is 1.13 bits per heavy atom. The number of methoxy groups -OCH3 is 2. The predicted molar refractivity (Wildman–Crippen MR) is 90.4 cm³/mol. The molecule has 2 aromatic carbocycles. The molecule has 0 aliphatic heterocycles. The van der Waals surface area contributed by atoms with E-state index in [1.54, 1.807) is 14.2 Å². The van der Waals surface area contributed by atoms with Crippen LogP contribution in [-0.2, 0) is 15.9 Å². The molecule has 0 saturated carbocycles. The number of rotatable bonds is 10. The van der Waals surface area contributed by atoms with Crippen molar-refractivity contribution in [2.24, 2.45) is 0 Å². The summed E-state index contributed by atoms with van der Waals surface area (Å²) in [6.07, 6.45) is 0.836. The maximum Gasteiger partial charge on any atom is 0.119 e. The summed E-state index contributed by atoms with van der Waals surface area (Å²) in [5.41, 5.74) is 2.41. The van der Waals surface area contributed by atoms with Crippen LogP contribution >= 0.6 is 0 Å². The third-order valence-electron chi connectivity index (χ3n) is 3.32. The molecule has 124 valence electrons. The van der Waals surface area contributed by atoms with Crippen LogP contribution in [0.4, 0.5) is 0 Å². The smallest absolute Gasteiger partial charge is 0.119 e. The molecular formula is C19H24O4. The number of ether oxygens (including phenoxy) is 4. The van der Waals surface area contributed by atoms with Crippen molar-refractivity contribution in [3.05, 3.63) is 59.7 Å². The first-order valence-corrected chi connectivity index (χ1v) is 7.73. The van der Waals surface area contributed by atoms with E-state index in [1.165, 1.54) is 11.1 Å². The fourth-order valence-corrected chi connectivity index (χ4v) is 2.21. The van der Waals surface area contributed by atoms with E-state index >= 15 is 0 Å². The highest BCUT2D eigenvalue weighted by molar-refractivity contribution is 5.35. The zero-order valence-corrected chi connectivity index (χ0v) is 13.8. The van der Waals surface area contributed by atoms with Crippen LogP contribution in [0.5, 0.6) is 11.5 Å². The third kappa shape index (κ3) is 6.30. The average Bonchev–Trinajstić information content (AvgIpc) is 2.56. The van der Waals surface area contributed by atoms with E-state index in [2.05, 4.69) is 24.3 Å². The van der Waals surface area contributed by atoms with Crippen molar-refractivity contribution < 1.29 is 18.9 Å². The van der Waals surface area contributed by atoms with Crippen molar-refractivity contribution in [2.45, 2.75) is 6.42 Å². The fourth-order valence-electron chi connectivity index (χ4n) is 2.21. The van der Waals surface area contributed by atoms with E-state index in [0.29, 0.717) is 26.4 Å². The lowest BCUT2D eigenvalue weighted by atomic mass is 10.0. The molecule has 0 saturated heterocycles. The van der Waals surface area contributed by atoms with Crippen molar-refractivity contribution in [3.8, 4) is 11.5 Å². The molecule has 0 heterocycles. The van der Waals surface area contributed by atoms with Crippen LogP contribution in [0.1, 0.15) is 11.1 Å². The molecule has 4 nitrogen and oxygen atoms in total. The summed E-state index contributed by atoms with van der Waals surface area (Å²) in [7, 11) is 3.34. The van der Waals surface area contributed by atoms with Gasteiger partial charge in [0.2, 0.25) is 0 Å². The lowest BCUT2D eigenvalue weighted by Crippen LogP contribution is -2.05. The topological polar surface area (TPSA) is 36.9 Å². The Kier molecular flexibility index (Phi) is 7.43. The van der Waals surface area contributed by atoms with Crippen molar-refractivity contribution in [1.29, 1.82) is 0 Å². The van der Waals surface area contributed by atoms with Gasteiger partial charge in [-0.05, 0) is 41.8 Å². The molecular weight excluding hydrogens is 292 g/mol. The lowest BCUT2D eigenvalue weighted by molar-refractivity contribution is 0.146. The van der Waals surface area contributed by atoms with Crippen LogP contribution in [0, 0.1) is 0 Å². The van der Waals surface area contributed by atoms with Crippen molar-refractivity contribution in [2.75, 3.05) is 40.6 Å². The second-order valence-electron chi connectivity index (χ2n) is 5.15. The Morgan fingerprint density at radius 1 is 0.652 bits per heavy atom. The monoisotopic (exact) mass is 316 g/mol. The molecule has 4 heteroatoms. The molecule has 0 atom stereocenters. The standard InChI is InChI=1S/C19H24O4/c1-20-9-11-22-18-7-3-5-16(14-18)13-17-6-4-8-19(15-17)23-12-10-21-2/h3-8,14-15H,9-13H2,1-2H3. The first kappa shape index (κ1) is 17.3. The largest absolute Gasteiger partial charge is 0.491 e. The molecule has 0 N–H and O–H groups in total. The number of benzene rings is 2. The molecule has 0 amide bonds. The van der Waals surface area contributed by atoms with Gasteiger partial charge in [0.25, 0.3) is 0 Å². The van der Waals surface area contributed by atoms with Crippen molar-refractivity contribution in [1.82, 2.24) is 0 Å². The second-order valence-corrected chi connectivity index (χ2v) is 5.15. The van der Waals surface area contributed by atoms with Crippen LogP contribution in [0.15, 0.2) is 48.5 Å². The zero-order valence-electron chi connectivity index (χ0n) is 13.8. The molecule has 0 aliphatic rings. The summed E-state index contributed by atoms with van der Waals surface area (Å²) < 4.78 is 21.3. The molecule has 0 aromatic heterocycles. The molecule has 0 fully saturated rings. The van der Waals surface area contributed by atoms with Gasteiger partial charge < -0.3 is 18.9 Å². The first-order valence-electron chi connectivity index (χ1n) is 7.73. The Morgan fingerprint density at radius 3 is 1.57 bits per heavy atom. The highest BCUT2D eigenvalue weighted by Gasteiger charge is 2.01. The normalized spacial score (nSPS) is 10.5. The molecule has 0 unspecified atom stereocenters. The maximum atomic E-state index is 5.65. The van der Waals surface area contributed by atoms with Crippen LogP contribution in [0.2, 0.25) is 0 Å². The van der Waals surface area contributed by atoms with Gasteiger partial charge in [-0.1, -0.05) is 24.3 Å². The van der Waals surface area contributed by atoms with Gasteiger partial charge in [-0.3, -0.25) is 0 Å². The van der Waals surface area contributed by atoms with Gasteiger partial charge in [-0.15, -0.1) is 0 Å². The second kappa shape index (κ2) is 9.87. The molecule has 2 rings (SSSR count). The summed E-state index contributed by atoms with van der Waals surface area (Å²) >= 11 is 0. The Balaban J connectivity index is 1.95. The van der Waals surface area contributed by atoms with E-state index in [9.17, 15) is 0 Å². The van der Waals surface area contributed by atoms with Crippen LogP contribution in [0.3, 0.4) is 0 Å².